The van der Waals surface area contributed by atoms with Gasteiger partial charge in [0.2, 0.25) is 0 Å². The third kappa shape index (κ3) is 1.52. The minimum atomic E-state index is -0.378. The first-order valence-electron chi connectivity index (χ1n) is 4.43. The van der Waals surface area contributed by atoms with Crippen molar-refractivity contribution in [1.29, 1.82) is 0 Å². The molecule has 0 saturated carbocycles. The molecule has 4 heteroatoms. The van der Waals surface area contributed by atoms with Gasteiger partial charge < -0.3 is 9.47 Å². The van der Waals surface area contributed by atoms with Crippen LogP contribution in [0.4, 0.5) is 0 Å². The molecule has 76 valence electrons. The fourth-order valence-electron chi connectivity index (χ4n) is 1.78. The second-order valence-corrected chi connectivity index (χ2v) is 4.00. The second-order valence-electron chi connectivity index (χ2n) is 3.62. The summed E-state index contributed by atoms with van der Waals surface area (Å²) in [7, 11) is 1.66. The van der Waals surface area contributed by atoms with Crippen molar-refractivity contribution in [2.75, 3.05) is 13.7 Å². The molecule has 1 atom stereocenters. The van der Waals surface area contributed by atoms with Gasteiger partial charge in [-0.2, -0.15) is 0 Å². The highest BCUT2D eigenvalue weighted by Gasteiger charge is 2.36. The van der Waals surface area contributed by atoms with E-state index in [0.717, 1.165) is 11.1 Å². The Kier molecular flexibility index (Phi) is 2.47. The third-order valence-corrected chi connectivity index (χ3v) is 2.70. The largest absolute Gasteiger partial charge is 0.381 e. The minimum absolute atomic E-state index is 0.378. The highest BCUT2D eigenvalue weighted by Crippen LogP contribution is 2.36. The average Bonchev–Trinajstić information content (AvgIpc) is 2.45. The van der Waals surface area contributed by atoms with Crippen LogP contribution in [0.3, 0.4) is 0 Å². The summed E-state index contributed by atoms with van der Waals surface area (Å²) in [5.41, 5.74) is 1.80. The van der Waals surface area contributed by atoms with Crippen LogP contribution in [-0.4, -0.2) is 18.7 Å². The van der Waals surface area contributed by atoms with Gasteiger partial charge in [-0.3, -0.25) is 0 Å². The van der Waals surface area contributed by atoms with Crippen LogP contribution in [-0.2, 0) is 21.7 Å². The average molecular weight is 214 g/mol. The van der Waals surface area contributed by atoms with E-state index in [1.807, 2.05) is 13.0 Å². The van der Waals surface area contributed by atoms with Gasteiger partial charge in [0, 0.05) is 18.9 Å². The molecular weight excluding hydrogens is 202 g/mol. The molecule has 1 aliphatic rings. The molecule has 1 unspecified atom stereocenters. The first-order chi connectivity index (χ1) is 6.65. The van der Waals surface area contributed by atoms with Crippen LogP contribution >= 0.6 is 11.6 Å². The van der Waals surface area contributed by atoms with Gasteiger partial charge >= 0.3 is 0 Å². The van der Waals surface area contributed by atoms with Crippen molar-refractivity contribution in [2.45, 2.75) is 19.1 Å². The maximum absolute atomic E-state index is 5.84. The maximum atomic E-state index is 5.84. The first-order valence-corrected chi connectivity index (χ1v) is 4.81. The number of pyridine rings is 1. The lowest BCUT2D eigenvalue weighted by atomic mass is 9.97. The topological polar surface area (TPSA) is 31.4 Å². The molecule has 2 heterocycles. The van der Waals surface area contributed by atoms with E-state index in [-0.39, 0.29) is 5.60 Å². The van der Waals surface area contributed by atoms with Crippen molar-refractivity contribution in [3.05, 3.63) is 28.5 Å². The van der Waals surface area contributed by atoms with Crippen molar-refractivity contribution in [2.24, 2.45) is 0 Å². The molecule has 1 aromatic rings. The highest BCUT2D eigenvalue weighted by molar-refractivity contribution is 6.29. The van der Waals surface area contributed by atoms with Crippen LogP contribution in [0.25, 0.3) is 0 Å². The molecule has 0 radical (unpaired) electrons. The first kappa shape index (κ1) is 9.90. The Morgan fingerprint density at radius 1 is 1.71 bits per heavy atom. The van der Waals surface area contributed by atoms with Crippen LogP contribution in [0.2, 0.25) is 5.15 Å². The van der Waals surface area contributed by atoms with Crippen molar-refractivity contribution in [3.63, 3.8) is 0 Å². The standard InChI is InChI=1S/C10H12ClNO2/c1-10(6-13-2)8-3-9(11)12-4-7(8)5-14-10/h3-4H,5-6H2,1-2H3. The zero-order valence-corrected chi connectivity index (χ0v) is 8.97. The second kappa shape index (κ2) is 3.50. The van der Waals surface area contributed by atoms with Crippen LogP contribution in [0.15, 0.2) is 12.3 Å². The Balaban J connectivity index is 2.41. The fraction of sp³-hybridized carbons (Fsp3) is 0.500. The molecule has 14 heavy (non-hydrogen) atoms. The normalized spacial score (nSPS) is 25.1. The molecule has 3 nitrogen and oxygen atoms in total. The predicted molar refractivity (Wildman–Crippen MR) is 53.3 cm³/mol. The van der Waals surface area contributed by atoms with E-state index in [1.165, 1.54) is 0 Å². The summed E-state index contributed by atoms with van der Waals surface area (Å²) in [4.78, 5) is 4.02. The summed E-state index contributed by atoms with van der Waals surface area (Å²) in [5, 5.41) is 0.497. The smallest absolute Gasteiger partial charge is 0.129 e. The summed E-state index contributed by atoms with van der Waals surface area (Å²) in [6.07, 6.45) is 1.76. The number of halogens is 1. The van der Waals surface area contributed by atoms with Crippen LogP contribution < -0.4 is 0 Å². The lowest BCUT2D eigenvalue weighted by Gasteiger charge is -2.23. The van der Waals surface area contributed by atoms with E-state index in [9.17, 15) is 0 Å². The Morgan fingerprint density at radius 3 is 3.21 bits per heavy atom. The summed E-state index contributed by atoms with van der Waals surface area (Å²) < 4.78 is 10.8. The number of aromatic nitrogens is 1. The van der Waals surface area contributed by atoms with Crippen LogP contribution in [0, 0.1) is 0 Å². The summed E-state index contributed by atoms with van der Waals surface area (Å²) in [6, 6.07) is 1.85. The molecule has 1 aromatic heterocycles. The van der Waals surface area contributed by atoms with E-state index in [0.29, 0.717) is 18.4 Å². The van der Waals surface area contributed by atoms with Crippen molar-refractivity contribution in [3.8, 4) is 0 Å². The highest BCUT2D eigenvalue weighted by atomic mass is 35.5. The van der Waals surface area contributed by atoms with Gasteiger partial charge in [0.05, 0.1) is 13.2 Å². The number of hydrogen-bond acceptors (Lipinski definition) is 3. The van der Waals surface area contributed by atoms with Gasteiger partial charge in [-0.15, -0.1) is 0 Å². The van der Waals surface area contributed by atoms with Gasteiger partial charge in [0.1, 0.15) is 10.8 Å². The summed E-state index contributed by atoms with van der Waals surface area (Å²) in [5.74, 6) is 0. The molecular formula is C10H12ClNO2. The minimum Gasteiger partial charge on any atom is -0.381 e. The predicted octanol–water partition coefficient (Wildman–Crippen LogP) is 2.13. The maximum Gasteiger partial charge on any atom is 0.129 e. The summed E-state index contributed by atoms with van der Waals surface area (Å²) in [6.45, 7) is 3.11. The number of fused-ring (bicyclic) bond motifs is 1. The van der Waals surface area contributed by atoms with Crippen LogP contribution in [0.1, 0.15) is 18.1 Å². The number of methoxy groups -OCH3 is 1. The number of hydrogen-bond donors (Lipinski definition) is 0. The monoisotopic (exact) mass is 213 g/mol. The summed E-state index contributed by atoms with van der Waals surface area (Å²) >= 11 is 5.84. The third-order valence-electron chi connectivity index (χ3n) is 2.49. The zero-order chi connectivity index (χ0) is 10.2. The molecule has 0 spiro atoms. The Bertz CT molecular complexity index is 352. The van der Waals surface area contributed by atoms with E-state index in [1.54, 1.807) is 13.3 Å². The van der Waals surface area contributed by atoms with Crippen molar-refractivity contribution >= 4 is 11.6 Å². The molecule has 2 rings (SSSR count). The van der Waals surface area contributed by atoms with Crippen molar-refractivity contribution < 1.29 is 9.47 Å². The van der Waals surface area contributed by atoms with Crippen LogP contribution in [0.5, 0.6) is 0 Å². The molecule has 0 saturated heterocycles. The molecule has 0 fully saturated rings. The SMILES string of the molecule is COCC1(C)OCc2cnc(Cl)cc21. The van der Waals surface area contributed by atoms with Gasteiger partial charge in [-0.25, -0.2) is 4.98 Å². The molecule has 0 bridgehead atoms. The van der Waals surface area contributed by atoms with Crippen molar-refractivity contribution in [1.82, 2.24) is 4.98 Å². The number of rotatable bonds is 2. The quantitative estimate of drug-likeness (QED) is 0.706. The van der Waals surface area contributed by atoms with Gasteiger partial charge in [-0.1, -0.05) is 11.6 Å². The van der Waals surface area contributed by atoms with E-state index >= 15 is 0 Å². The molecule has 0 aromatic carbocycles. The molecule has 1 aliphatic heterocycles. The number of nitrogens with zero attached hydrogens (tertiary/aromatic N) is 1. The Hall–Kier alpha value is -0.640. The lowest BCUT2D eigenvalue weighted by Crippen LogP contribution is -2.26. The fourth-order valence-corrected chi connectivity index (χ4v) is 1.93. The van der Waals surface area contributed by atoms with Gasteiger partial charge in [0.15, 0.2) is 0 Å². The van der Waals surface area contributed by atoms with E-state index in [2.05, 4.69) is 4.98 Å². The molecule has 0 aliphatic carbocycles. The van der Waals surface area contributed by atoms with E-state index < -0.39 is 0 Å². The molecule has 0 N–H and O–H groups in total. The number of ether oxygens (including phenoxy) is 2. The van der Waals surface area contributed by atoms with Gasteiger partial charge in [0.25, 0.3) is 0 Å². The Morgan fingerprint density at radius 2 is 2.50 bits per heavy atom. The lowest BCUT2D eigenvalue weighted by molar-refractivity contribution is -0.0715. The molecule has 0 amide bonds. The zero-order valence-electron chi connectivity index (χ0n) is 8.21. The van der Waals surface area contributed by atoms with Gasteiger partial charge in [-0.05, 0) is 18.6 Å². The Labute approximate surface area is 88.0 Å². The van der Waals surface area contributed by atoms with E-state index in [4.69, 9.17) is 21.1 Å².